The van der Waals surface area contributed by atoms with Crippen LogP contribution in [0.1, 0.15) is 37.4 Å². The second-order valence-electron chi connectivity index (χ2n) is 7.41. The molecule has 0 bridgehead atoms. The number of nitrogens with two attached hydrogens (primary N) is 4. The predicted molar refractivity (Wildman–Crippen MR) is 122 cm³/mol. The fourth-order valence-electron chi connectivity index (χ4n) is 3.41. The molecule has 11 N–H and O–H groups in total. The smallest absolute Gasteiger partial charge is 0.534 e. The molecule has 3 rings (SSSR count). The summed E-state index contributed by atoms with van der Waals surface area (Å²) in [4.78, 5) is 32.3. The summed E-state index contributed by atoms with van der Waals surface area (Å²) in [6.45, 7) is 0.275. The number of rotatable bonds is 7. The van der Waals surface area contributed by atoms with Crippen molar-refractivity contribution in [2.24, 2.45) is 32.9 Å². The van der Waals surface area contributed by atoms with Crippen LogP contribution in [-0.4, -0.2) is 47.0 Å². The summed E-state index contributed by atoms with van der Waals surface area (Å²) in [7, 11) is -1.44. The van der Waals surface area contributed by atoms with Crippen molar-refractivity contribution in [3.63, 3.8) is 0 Å². The van der Waals surface area contributed by atoms with E-state index in [2.05, 4.69) is 15.3 Å². The number of amides is 1. The summed E-state index contributed by atoms with van der Waals surface area (Å²) >= 11 is 0. The molecule has 0 radical (unpaired) electrons. The van der Waals surface area contributed by atoms with Gasteiger partial charge in [0, 0.05) is 5.56 Å². The molecule has 0 saturated carbocycles. The average Bonchev–Trinajstić information content (AvgIpc) is 2.76. The number of carboxylic acid groups (broad SMARTS) is 1. The quantitative estimate of drug-likeness (QED) is 0.150. The number of para-hydroxylation sites is 1. The van der Waals surface area contributed by atoms with Crippen molar-refractivity contribution in [1.29, 1.82) is 0 Å². The summed E-state index contributed by atoms with van der Waals surface area (Å²) < 4.78 is 5.42. The number of hydrogen-bond donors (Lipinski definition) is 7. The highest BCUT2D eigenvalue weighted by Crippen LogP contribution is 2.30. The third-order valence-corrected chi connectivity index (χ3v) is 4.87. The number of nitrogens with one attached hydrogen (secondary N) is 1. The SMILES string of the molecule is NC(N)=NCc1cc(CN=C(N)N)cc(C(=O)N[C@H]2Cc3cccc(C(=O)O)c3OB2O)c1. The van der Waals surface area contributed by atoms with Gasteiger partial charge in [-0.05, 0) is 41.3 Å². The van der Waals surface area contributed by atoms with E-state index in [1.807, 2.05) is 0 Å². The number of carboxylic acids is 1. The predicted octanol–water partition coefficient (Wildman–Crippen LogP) is -1.32. The monoisotopic (exact) mass is 453 g/mol. The number of benzene rings is 2. The van der Waals surface area contributed by atoms with Gasteiger partial charge in [-0.3, -0.25) is 4.79 Å². The minimum atomic E-state index is -1.44. The second-order valence-corrected chi connectivity index (χ2v) is 7.41. The van der Waals surface area contributed by atoms with Crippen LogP contribution in [0.3, 0.4) is 0 Å². The van der Waals surface area contributed by atoms with Crippen LogP contribution < -0.4 is 32.9 Å². The molecule has 0 fully saturated rings. The minimum Gasteiger partial charge on any atom is -0.534 e. The molecular formula is C20H24BN7O5. The Morgan fingerprint density at radius 1 is 1.06 bits per heavy atom. The molecule has 2 aromatic rings. The molecule has 1 atom stereocenters. The lowest BCUT2D eigenvalue weighted by atomic mass is 9.72. The highest BCUT2D eigenvalue weighted by atomic mass is 16.5. The Balaban J connectivity index is 1.84. The second kappa shape index (κ2) is 9.91. The molecule has 1 heterocycles. The lowest BCUT2D eigenvalue weighted by molar-refractivity contribution is 0.0693. The van der Waals surface area contributed by atoms with Crippen LogP contribution in [0.4, 0.5) is 0 Å². The lowest BCUT2D eigenvalue weighted by Gasteiger charge is -2.29. The maximum atomic E-state index is 13.0. The molecule has 33 heavy (non-hydrogen) atoms. The van der Waals surface area contributed by atoms with Gasteiger partial charge in [0.2, 0.25) is 0 Å². The van der Waals surface area contributed by atoms with Crippen LogP contribution in [0.5, 0.6) is 5.75 Å². The number of carbonyl (C=O) groups excluding carboxylic acids is 1. The van der Waals surface area contributed by atoms with Gasteiger partial charge in [0.25, 0.3) is 5.91 Å². The van der Waals surface area contributed by atoms with Crippen LogP contribution in [0.2, 0.25) is 0 Å². The Labute approximate surface area is 189 Å². The number of hydrogen-bond acceptors (Lipinski definition) is 6. The first kappa shape index (κ1) is 23.4. The first-order chi connectivity index (χ1) is 15.6. The van der Waals surface area contributed by atoms with Crippen molar-refractivity contribution in [1.82, 2.24) is 5.32 Å². The van der Waals surface area contributed by atoms with Crippen molar-refractivity contribution in [2.45, 2.75) is 25.5 Å². The normalized spacial score (nSPS) is 14.5. The summed E-state index contributed by atoms with van der Waals surface area (Å²) in [6.07, 6.45) is 0.178. The largest absolute Gasteiger partial charge is 0.547 e. The molecule has 172 valence electrons. The number of aromatic carboxylic acids is 1. The van der Waals surface area contributed by atoms with Crippen LogP contribution in [0.15, 0.2) is 46.4 Å². The van der Waals surface area contributed by atoms with Crippen LogP contribution in [-0.2, 0) is 19.5 Å². The lowest BCUT2D eigenvalue weighted by Crippen LogP contribution is -2.53. The van der Waals surface area contributed by atoms with Crippen molar-refractivity contribution >= 4 is 30.9 Å². The van der Waals surface area contributed by atoms with Crippen molar-refractivity contribution in [3.8, 4) is 5.75 Å². The highest BCUT2D eigenvalue weighted by molar-refractivity contribution is 6.47. The van der Waals surface area contributed by atoms with E-state index in [0.717, 1.165) is 0 Å². The van der Waals surface area contributed by atoms with E-state index < -0.39 is 24.9 Å². The number of carbonyl (C=O) groups is 2. The van der Waals surface area contributed by atoms with Gasteiger partial charge in [0.05, 0.1) is 24.6 Å². The molecule has 2 aromatic carbocycles. The molecule has 1 aliphatic heterocycles. The van der Waals surface area contributed by atoms with Crippen LogP contribution in [0, 0.1) is 0 Å². The first-order valence-corrected chi connectivity index (χ1v) is 9.88. The van der Waals surface area contributed by atoms with Crippen LogP contribution >= 0.6 is 0 Å². The van der Waals surface area contributed by atoms with Gasteiger partial charge in [-0.2, -0.15) is 0 Å². The van der Waals surface area contributed by atoms with Gasteiger partial charge >= 0.3 is 13.1 Å². The maximum absolute atomic E-state index is 13.0. The molecule has 12 nitrogen and oxygen atoms in total. The number of guanidine groups is 2. The van der Waals surface area contributed by atoms with Gasteiger partial charge in [0.1, 0.15) is 5.75 Å². The third-order valence-electron chi connectivity index (χ3n) is 4.87. The number of aliphatic imine (C=N–C) groups is 2. The van der Waals surface area contributed by atoms with Gasteiger partial charge in [-0.1, -0.05) is 18.2 Å². The Kier molecular flexibility index (Phi) is 7.03. The molecule has 13 heteroatoms. The zero-order chi connectivity index (χ0) is 24.1. The zero-order valence-electron chi connectivity index (χ0n) is 17.6. The fourth-order valence-corrected chi connectivity index (χ4v) is 3.41. The highest BCUT2D eigenvalue weighted by Gasteiger charge is 2.37. The van der Waals surface area contributed by atoms with Crippen molar-refractivity contribution in [3.05, 3.63) is 64.2 Å². The summed E-state index contributed by atoms with van der Waals surface area (Å²) in [5.74, 6) is -2.58. The summed E-state index contributed by atoms with van der Waals surface area (Å²) in [5.41, 5.74) is 23.7. The molecule has 1 amide bonds. The third kappa shape index (κ3) is 5.92. The van der Waals surface area contributed by atoms with Gasteiger partial charge in [-0.25, -0.2) is 14.8 Å². The summed E-state index contributed by atoms with van der Waals surface area (Å²) in [6, 6.07) is 9.60. The maximum Gasteiger partial charge on any atom is 0.547 e. The van der Waals surface area contributed by atoms with E-state index in [0.29, 0.717) is 16.7 Å². The molecule has 1 aliphatic rings. The van der Waals surface area contributed by atoms with E-state index in [9.17, 15) is 19.7 Å². The van der Waals surface area contributed by atoms with Gasteiger partial charge in [-0.15, -0.1) is 0 Å². The molecule has 0 unspecified atom stereocenters. The topological polar surface area (TPSA) is 225 Å². The van der Waals surface area contributed by atoms with E-state index in [1.54, 1.807) is 30.3 Å². The molecule has 0 aliphatic carbocycles. The van der Waals surface area contributed by atoms with E-state index in [4.69, 9.17) is 27.6 Å². The van der Waals surface area contributed by atoms with Gasteiger partial charge < -0.3 is 43.0 Å². The van der Waals surface area contributed by atoms with E-state index in [1.165, 1.54) is 6.07 Å². The van der Waals surface area contributed by atoms with Crippen LogP contribution in [0.25, 0.3) is 0 Å². The van der Waals surface area contributed by atoms with Gasteiger partial charge in [0.15, 0.2) is 11.9 Å². The Hall–Kier alpha value is -4.26. The molecule has 0 aromatic heterocycles. The average molecular weight is 453 g/mol. The molecule has 0 saturated heterocycles. The summed E-state index contributed by atoms with van der Waals surface area (Å²) in [5, 5.41) is 22.4. The van der Waals surface area contributed by atoms with E-state index in [-0.39, 0.29) is 48.3 Å². The Morgan fingerprint density at radius 2 is 1.67 bits per heavy atom. The van der Waals surface area contributed by atoms with Crippen molar-refractivity contribution < 1.29 is 24.4 Å². The molecular weight excluding hydrogens is 429 g/mol. The number of fused-ring (bicyclic) bond motifs is 1. The molecule has 0 spiro atoms. The standard InChI is InChI=1S/C20H24BN7O5/c22-19(23)26-8-10-4-11(9-27-20(24)25)6-13(5-10)17(29)28-15-7-12-2-1-3-14(18(30)31)16(12)33-21(15)32/h1-6,15,32H,7-9H2,(H,28,29)(H,30,31)(H4,22,23,26)(H4,24,25,27)/t15-/m0/s1. The fraction of sp³-hybridized carbons (Fsp3) is 0.200. The van der Waals surface area contributed by atoms with Crippen molar-refractivity contribution in [2.75, 3.05) is 0 Å². The van der Waals surface area contributed by atoms with E-state index >= 15 is 0 Å². The zero-order valence-corrected chi connectivity index (χ0v) is 17.6. The minimum absolute atomic E-state index is 0.0619. The first-order valence-electron chi connectivity index (χ1n) is 9.88. The number of nitrogens with zero attached hydrogens (tertiary/aromatic N) is 2. The Morgan fingerprint density at radius 3 is 2.21 bits per heavy atom. The Bertz CT molecular complexity index is 1090.